The molecule has 22 heteroatoms. The molecule has 4 aromatic rings. The first-order valence-corrected chi connectivity index (χ1v) is 19.4. The summed E-state index contributed by atoms with van der Waals surface area (Å²) >= 11 is 0. The number of hydrogen-bond acceptors (Lipinski definition) is 14. The van der Waals surface area contributed by atoms with Gasteiger partial charge in [-0.15, -0.1) is 0 Å². The Morgan fingerprint density at radius 2 is 0.919 bits per heavy atom. The first kappa shape index (κ1) is 48.9. The van der Waals surface area contributed by atoms with Gasteiger partial charge in [0, 0.05) is 0 Å². The van der Waals surface area contributed by atoms with Gasteiger partial charge in [0.1, 0.15) is 46.9 Å². The van der Waals surface area contributed by atoms with E-state index in [1.54, 1.807) is 46.2 Å². The van der Waals surface area contributed by atoms with Crippen LogP contribution in [0.4, 0.5) is 0 Å². The Morgan fingerprint density at radius 3 is 1.24 bits per heavy atom. The number of carboxylic acids is 2. The zero-order chi connectivity index (χ0) is 42.9. The van der Waals surface area contributed by atoms with Gasteiger partial charge in [-0.25, -0.2) is 9.59 Å². The second kappa shape index (κ2) is 20.1. The number of carbonyl (C=O) groups excluding carboxylic acids is 2. The van der Waals surface area contributed by atoms with Crippen molar-refractivity contribution in [3.63, 3.8) is 0 Å². The van der Waals surface area contributed by atoms with Crippen molar-refractivity contribution in [2.45, 2.75) is 49.8 Å². The van der Waals surface area contributed by atoms with Crippen molar-refractivity contribution in [1.29, 1.82) is 0 Å². The SMILES string of the molecule is NC(C(=O)N1CC(Oc2ccc3c(c2C(=O)O)O[B-](O)(O)CC3)C1)c1ccccc1.NC(C(=O)N1CC(Oc2ccc3c(c2C(=O)O)O[B-](O)(O)CC3)C1)c1ccccc1.[Na+].[Na+]. The Balaban J connectivity index is 0.000000227. The molecule has 4 aliphatic rings. The third kappa shape index (κ3) is 11.0. The minimum atomic E-state index is -3.10. The number of ether oxygens (including phenoxy) is 2. The minimum absolute atomic E-state index is 0. The van der Waals surface area contributed by atoms with Gasteiger partial charge in [0.25, 0.3) is 0 Å². The fourth-order valence-corrected chi connectivity index (χ4v) is 7.41. The molecule has 8 rings (SSSR count). The summed E-state index contributed by atoms with van der Waals surface area (Å²) in [6.07, 6.45) is -0.260. The van der Waals surface area contributed by atoms with E-state index in [4.69, 9.17) is 30.2 Å². The van der Waals surface area contributed by atoms with E-state index in [0.717, 1.165) is 0 Å². The maximum absolute atomic E-state index is 12.5. The van der Waals surface area contributed by atoms with Crippen LogP contribution >= 0.6 is 0 Å². The zero-order valence-corrected chi connectivity index (χ0v) is 38.2. The van der Waals surface area contributed by atoms with Crippen molar-refractivity contribution in [3.8, 4) is 23.0 Å². The number of hydrogen-bond donors (Lipinski definition) is 8. The summed E-state index contributed by atoms with van der Waals surface area (Å²) in [5.74, 6) is -3.13. The van der Waals surface area contributed by atoms with Crippen molar-refractivity contribution < 1.29 is 127 Å². The number of carboxylic acid groups (broad SMARTS) is 2. The van der Waals surface area contributed by atoms with Crippen LogP contribution < -0.4 is 89.4 Å². The standard InChI is InChI=1S/2C20H22BN2O7.2Na/c2*22-17(12-4-2-1-3-5-12)19(24)23-10-14(11-23)29-15-7-6-13-8-9-21(27,28)30-18(13)16(15)20(25)26;;/h2*1-7,14,17,27-28H,8-11,22H2,(H,25,26);;/q2*-1;2*+1. The molecule has 2 amide bonds. The fourth-order valence-electron chi connectivity index (χ4n) is 7.41. The molecule has 0 radical (unpaired) electrons. The Kier molecular flexibility index (Phi) is 15.9. The molecule has 0 saturated carbocycles. The molecular weight excluding hydrogens is 828 g/mol. The average molecular weight is 872 g/mol. The predicted molar refractivity (Wildman–Crippen MR) is 214 cm³/mol. The predicted octanol–water partition coefficient (Wildman–Crippen LogP) is -4.93. The van der Waals surface area contributed by atoms with Crippen LogP contribution in [0.5, 0.6) is 23.0 Å². The number of nitrogens with two attached hydrogens (primary N) is 2. The topological polar surface area (TPSA) is 285 Å². The summed E-state index contributed by atoms with van der Waals surface area (Å²) in [5.41, 5.74) is 14.1. The van der Waals surface area contributed by atoms with E-state index in [2.05, 4.69) is 0 Å². The van der Waals surface area contributed by atoms with Gasteiger partial charge in [-0.1, -0.05) is 85.4 Å². The zero-order valence-electron chi connectivity index (χ0n) is 34.2. The van der Waals surface area contributed by atoms with E-state index in [1.807, 2.05) is 36.4 Å². The van der Waals surface area contributed by atoms with Gasteiger partial charge in [-0.05, 0) is 47.2 Å². The second-order valence-electron chi connectivity index (χ2n) is 15.2. The van der Waals surface area contributed by atoms with Crippen LogP contribution in [0.1, 0.15) is 55.1 Å². The van der Waals surface area contributed by atoms with Gasteiger partial charge in [-0.3, -0.25) is 9.59 Å². The van der Waals surface area contributed by atoms with Crippen LogP contribution in [0.2, 0.25) is 12.6 Å². The average Bonchev–Trinajstić information content (AvgIpc) is 3.18. The largest absolute Gasteiger partial charge is 1.00 e. The van der Waals surface area contributed by atoms with Gasteiger partial charge in [-0.2, -0.15) is 0 Å². The van der Waals surface area contributed by atoms with E-state index in [-0.39, 0.29) is 157 Å². The number of likely N-dealkylation sites (tertiary alicyclic amines) is 2. The molecule has 2 unspecified atom stereocenters. The minimum Gasteiger partial charge on any atom is -0.669 e. The summed E-state index contributed by atoms with van der Waals surface area (Å²) in [7, 11) is 0. The van der Waals surface area contributed by atoms with Gasteiger partial charge >= 0.3 is 84.6 Å². The molecule has 18 nitrogen and oxygen atoms in total. The Hall–Kier alpha value is -4.15. The van der Waals surface area contributed by atoms with Crippen LogP contribution in [0.15, 0.2) is 84.9 Å². The summed E-state index contributed by atoms with van der Waals surface area (Å²) in [6, 6.07) is 22.9. The molecule has 2 atom stereocenters. The summed E-state index contributed by atoms with van der Waals surface area (Å²) < 4.78 is 21.9. The second-order valence-corrected chi connectivity index (χ2v) is 15.2. The molecule has 0 spiro atoms. The Labute approximate surface area is 400 Å². The molecule has 4 heterocycles. The summed E-state index contributed by atoms with van der Waals surface area (Å²) in [6.45, 7) is -5.14. The van der Waals surface area contributed by atoms with Crippen molar-refractivity contribution in [2.75, 3.05) is 26.2 Å². The summed E-state index contributed by atoms with van der Waals surface area (Å²) in [5, 5.41) is 58.5. The Morgan fingerprint density at radius 1 is 0.581 bits per heavy atom. The molecular formula is C40H44B2N4Na2O14. The van der Waals surface area contributed by atoms with Crippen molar-refractivity contribution in [3.05, 3.63) is 118 Å². The fraction of sp³-hybridized carbons (Fsp3) is 0.300. The van der Waals surface area contributed by atoms with Crippen molar-refractivity contribution in [2.24, 2.45) is 11.5 Å². The molecule has 2 fully saturated rings. The maximum Gasteiger partial charge on any atom is 1.00 e. The van der Waals surface area contributed by atoms with Crippen LogP contribution in [-0.2, 0) is 22.4 Å². The molecule has 316 valence electrons. The number of aromatic carboxylic acids is 2. The molecule has 0 bridgehead atoms. The molecule has 0 aromatic heterocycles. The normalized spacial score (nSPS) is 18.0. The molecule has 62 heavy (non-hydrogen) atoms. The van der Waals surface area contributed by atoms with E-state index < -0.39 is 49.7 Å². The number of carbonyl (C=O) groups is 4. The van der Waals surface area contributed by atoms with Gasteiger partial charge < -0.3 is 70.4 Å². The number of amides is 2. The van der Waals surface area contributed by atoms with Crippen molar-refractivity contribution >= 4 is 37.3 Å². The Bertz CT molecular complexity index is 2120. The molecule has 2 saturated heterocycles. The van der Waals surface area contributed by atoms with Crippen LogP contribution in [-0.4, -0.2) is 116 Å². The van der Waals surface area contributed by atoms with Crippen LogP contribution in [0.25, 0.3) is 0 Å². The molecule has 0 aliphatic carbocycles. The third-order valence-corrected chi connectivity index (χ3v) is 10.8. The first-order valence-electron chi connectivity index (χ1n) is 19.4. The number of aryl methyl sites for hydroxylation is 2. The quantitative estimate of drug-likeness (QED) is 0.0694. The molecule has 4 aliphatic heterocycles. The van der Waals surface area contributed by atoms with Crippen LogP contribution in [0.3, 0.4) is 0 Å². The monoisotopic (exact) mass is 872 g/mol. The van der Waals surface area contributed by atoms with E-state index in [0.29, 0.717) is 22.3 Å². The van der Waals surface area contributed by atoms with E-state index in [1.165, 1.54) is 12.1 Å². The number of rotatable bonds is 10. The summed E-state index contributed by atoms with van der Waals surface area (Å²) in [4.78, 5) is 51.8. The van der Waals surface area contributed by atoms with E-state index >= 15 is 0 Å². The van der Waals surface area contributed by atoms with Crippen molar-refractivity contribution in [1.82, 2.24) is 9.80 Å². The number of benzene rings is 4. The number of fused-ring (bicyclic) bond motifs is 2. The van der Waals surface area contributed by atoms with Gasteiger partial charge in [0.05, 0.1) is 37.7 Å². The maximum atomic E-state index is 12.5. The molecule has 4 aromatic carbocycles. The third-order valence-electron chi connectivity index (χ3n) is 10.8. The van der Waals surface area contributed by atoms with Gasteiger partial charge in [0.2, 0.25) is 11.8 Å². The molecule has 10 N–H and O–H groups in total. The van der Waals surface area contributed by atoms with E-state index in [9.17, 15) is 49.5 Å². The smallest absolute Gasteiger partial charge is 0.669 e. The van der Waals surface area contributed by atoms with Gasteiger partial charge in [0.15, 0.2) is 0 Å². The first-order chi connectivity index (χ1) is 28.5. The number of nitrogens with zero attached hydrogens (tertiary/aromatic N) is 2. The van der Waals surface area contributed by atoms with Crippen LogP contribution in [0, 0.1) is 0 Å².